The van der Waals surface area contributed by atoms with Crippen molar-refractivity contribution < 1.29 is 14.9 Å². The van der Waals surface area contributed by atoms with E-state index in [4.69, 9.17) is 4.74 Å². The van der Waals surface area contributed by atoms with E-state index in [2.05, 4.69) is 15.3 Å². The van der Waals surface area contributed by atoms with E-state index in [0.29, 0.717) is 17.5 Å². The van der Waals surface area contributed by atoms with Crippen molar-refractivity contribution in [1.29, 1.82) is 0 Å². The molecule has 0 amide bonds. The lowest BCUT2D eigenvalue weighted by Gasteiger charge is -2.22. The second-order valence-corrected chi connectivity index (χ2v) is 6.61. The summed E-state index contributed by atoms with van der Waals surface area (Å²) in [6, 6.07) is 6.91. The van der Waals surface area contributed by atoms with Crippen LogP contribution in [0.25, 0.3) is 11.0 Å². The van der Waals surface area contributed by atoms with Crippen molar-refractivity contribution in [1.82, 2.24) is 24.5 Å². The topological polar surface area (TPSA) is 135 Å². The van der Waals surface area contributed by atoms with E-state index in [0.717, 1.165) is 5.52 Å². The number of aryl methyl sites for hydroxylation is 1. The number of aliphatic hydroxyl groups excluding tert-OH is 2. The third-order valence-corrected chi connectivity index (χ3v) is 4.85. The molecule has 1 aliphatic rings. The number of nitrogens with zero attached hydrogens (tertiary/aromatic N) is 4. The van der Waals surface area contributed by atoms with Gasteiger partial charge in [-0.2, -0.15) is 0 Å². The Morgan fingerprint density at radius 2 is 2.15 bits per heavy atom. The standard InChI is InChI=1S/C17H19N5O5/c1-9-7-21(17(26)18-16(9)25)14-6-12(15(27-14)13(24)8-23)22-11-5-3-2-4-10(11)19-20-22/h2-5,7,12-15,23-24H,6,8H2,1H3,(H,18,25,26)/t12?,13?,14-,15?/m0/s1. The van der Waals surface area contributed by atoms with Crippen LogP contribution >= 0.6 is 0 Å². The summed E-state index contributed by atoms with van der Waals surface area (Å²) in [7, 11) is 0. The molecule has 10 nitrogen and oxygen atoms in total. The SMILES string of the molecule is Cc1cn([C@@H]2CC(n3nnc4ccccc43)C(C(O)CO)O2)c(=O)[nH]c1=O. The Morgan fingerprint density at radius 3 is 2.93 bits per heavy atom. The second-order valence-electron chi connectivity index (χ2n) is 6.61. The van der Waals surface area contributed by atoms with Crippen molar-refractivity contribution in [2.75, 3.05) is 6.61 Å². The quantitative estimate of drug-likeness (QED) is 0.559. The van der Waals surface area contributed by atoms with Crippen molar-refractivity contribution in [3.05, 3.63) is 56.9 Å². The first-order valence-corrected chi connectivity index (χ1v) is 8.56. The summed E-state index contributed by atoms with van der Waals surface area (Å²) >= 11 is 0. The number of H-pyrrole nitrogens is 1. The van der Waals surface area contributed by atoms with Gasteiger partial charge in [-0.15, -0.1) is 5.10 Å². The molecule has 3 N–H and O–H groups in total. The van der Waals surface area contributed by atoms with Crippen molar-refractivity contribution in [2.45, 2.75) is 37.8 Å². The second kappa shape index (κ2) is 6.72. The normalized spacial score (nSPS) is 23.7. The van der Waals surface area contributed by atoms with Crippen LogP contribution in [0.1, 0.15) is 24.3 Å². The summed E-state index contributed by atoms with van der Waals surface area (Å²) in [5.41, 5.74) is 0.756. The molecule has 3 aromatic rings. The number of para-hydroxylation sites is 1. The molecule has 1 aliphatic heterocycles. The first kappa shape index (κ1) is 17.6. The number of ether oxygens (including phenoxy) is 1. The van der Waals surface area contributed by atoms with Crippen molar-refractivity contribution in [2.24, 2.45) is 0 Å². The van der Waals surface area contributed by atoms with Gasteiger partial charge in [0.15, 0.2) is 0 Å². The van der Waals surface area contributed by atoms with Gasteiger partial charge in [0.25, 0.3) is 5.56 Å². The van der Waals surface area contributed by atoms with E-state index >= 15 is 0 Å². The van der Waals surface area contributed by atoms with Gasteiger partial charge in [-0.05, 0) is 19.1 Å². The minimum atomic E-state index is -1.16. The molecule has 10 heteroatoms. The van der Waals surface area contributed by atoms with Crippen LogP contribution in [0, 0.1) is 6.92 Å². The number of aliphatic hydroxyl groups is 2. The lowest BCUT2D eigenvalue weighted by Crippen LogP contribution is -2.36. The lowest BCUT2D eigenvalue weighted by atomic mass is 10.0. The Balaban J connectivity index is 1.76. The molecule has 1 fully saturated rings. The molecule has 0 aliphatic carbocycles. The van der Waals surface area contributed by atoms with E-state index in [1.807, 2.05) is 24.3 Å². The Kier molecular flexibility index (Phi) is 4.38. The van der Waals surface area contributed by atoms with E-state index in [9.17, 15) is 19.8 Å². The van der Waals surface area contributed by atoms with E-state index < -0.39 is 42.3 Å². The number of rotatable bonds is 4. The molecular formula is C17H19N5O5. The summed E-state index contributed by atoms with van der Waals surface area (Å²) in [5, 5.41) is 28.0. The highest BCUT2D eigenvalue weighted by Gasteiger charge is 2.42. The highest BCUT2D eigenvalue weighted by atomic mass is 16.5. The van der Waals surface area contributed by atoms with Gasteiger partial charge >= 0.3 is 5.69 Å². The number of hydrogen-bond acceptors (Lipinski definition) is 7. The minimum absolute atomic E-state index is 0.306. The fraction of sp³-hybridized carbons (Fsp3) is 0.412. The Hall–Kier alpha value is -2.82. The van der Waals surface area contributed by atoms with Gasteiger partial charge in [0.1, 0.15) is 24.0 Å². The minimum Gasteiger partial charge on any atom is -0.394 e. The Labute approximate surface area is 152 Å². The summed E-state index contributed by atoms with van der Waals surface area (Å²) in [6.45, 7) is 1.09. The molecule has 2 aromatic heterocycles. The number of fused-ring (bicyclic) bond motifs is 1. The monoisotopic (exact) mass is 373 g/mol. The average Bonchev–Trinajstić information content (AvgIpc) is 3.28. The molecule has 1 saturated heterocycles. The first-order chi connectivity index (χ1) is 13.0. The Morgan fingerprint density at radius 1 is 1.37 bits per heavy atom. The zero-order chi connectivity index (χ0) is 19.1. The van der Waals surface area contributed by atoms with Gasteiger partial charge in [0.05, 0.1) is 18.2 Å². The smallest absolute Gasteiger partial charge is 0.330 e. The predicted octanol–water partition coefficient (Wildman–Crippen LogP) is -0.528. The van der Waals surface area contributed by atoms with E-state index in [1.54, 1.807) is 11.6 Å². The van der Waals surface area contributed by atoms with Crippen LogP contribution in [0.2, 0.25) is 0 Å². The molecule has 3 heterocycles. The van der Waals surface area contributed by atoms with Gasteiger partial charge in [0, 0.05) is 18.2 Å². The van der Waals surface area contributed by atoms with Gasteiger partial charge in [0.2, 0.25) is 0 Å². The third-order valence-electron chi connectivity index (χ3n) is 4.85. The highest BCUT2D eigenvalue weighted by molar-refractivity contribution is 5.74. The number of nitrogens with one attached hydrogen (secondary N) is 1. The maximum Gasteiger partial charge on any atom is 0.330 e. The Bertz CT molecular complexity index is 1090. The van der Waals surface area contributed by atoms with Gasteiger partial charge < -0.3 is 14.9 Å². The van der Waals surface area contributed by atoms with Crippen LogP contribution in [0.4, 0.5) is 0 Å². The van der Waals surface area contributed by atoms with Crippen molar-refractivity contribution >= 4 is 11.0 Å². The number of benzene rings is 1. The molecular weight excluding hydrogens is 354 g/mol. The van der Waals surface area contributed by atoms with E-state index in [-0.39, 0.29) is 0 Å². The lowest BCUT2D eigenvalue weighted by molar-refractivity contribution is -0.0837. The molecule has 27 heavy (non-hydrogen) atoms. The maximum absolute atomic E-state index is 12.2. The van der Waals surface area contributed by atoms with Crippen molar-refractivity contribution in [3.63, 3.8) is 0 Å². The molecule has 0 saturated carbocycles. The van der Waals surface area contributed by atoms with Crippen LogP contribution in [0.5, 0.6) is 0 Å². The fourth-order valence-electron chi connectivity index (χ4n) is 3.47. The molecule has 1 aromatic carbocycles. The molecule has 3 unspecified atom stereocenters. The number of aromatic nitrogens is 5. The molecule has 0 bridgehead atoms. The molecule has 0 radical (unpaired) electrons. The average molecular weight is 373 g/mol. The zero-order valence-electron chi connectivity index (χ0n) is 14.5. The largest absolute Gasteiger partial charge is 0.394 e. The van der Waals surface area contributed by atoms with E-state index in [1.165, 1.54) is 10.8 Å². The van der Waals surface area contributed by atoms with Crippen LogP contribution in [-0.2, 0) is 4.74 Å². The highest BCUT2D eigenvalue weighted by Crippen LogP contribution is 2.38. The predicted molar refractivity (Wildman–Crippen MR) is 94.2 cm³/mol. The third kappa shape index (κ3) is 2.97. The fourth-order valence-corrected chi connectivity index (χ4v) is 3.47. The maximum atomic E-state index is 12.2. The summed E-state index contributed by atoms with van der Waals surface area (Å²) in [4.78, 5) is 26.1. The molecule has 142 valence electrons. The van der Waals surface area contributed by atoms with Crippen LogP contribution in [-0.4, -0.2) is 53.6 Å². The van der Waals surface area contributed by atoms with Crippen LogP contribution < -0.4 is 11.2 Å². The molecule has 0 spiro atoms. The molecule has 4 atom stereocenters. The summed E-state index contributed by atoms with van der Waals surface area (Å²) < 4.78 is 8.83. The number of aromatic amines is 1. The van der Waals surface area contributed by atoms with Gasteiger partial charge in [-0.25, -0.2) is 9.48 Å². The molecule has 4 rings (SSSR count). The summed E-state index contributed by atoms with van der Waals surface area (Å²) in [6.07, 6.45) is -0.963. The van der Waals surface area contributed by atoms with Gasteiger partial charge in [-0.1, -0.05) is 17.3 Å². The van der Waals surface area contributed by atoms with Crippen LogP contribution in [0.3, 0.4) is 0 Å². The zero-order valence-corrected chi connectivity index (χ0v) is 14.5. The number of hydrogen-bond donors (Lipinski definition) is 3. The first-order valence-electron chi connectivity index (χ1n) is 8.56. The van der Waals surface area contributed by atoms with Gasteiger partial charge in [-0.3, -0.25) is 14.3 Å². The van der Waals surface area contributed by atoms with Crippen LogP contribution in [0.15, 0.2) is 40.1 Å². The summed E-state index contributed by atoms with van der Waals surface area (Å²) in [5.74, 6) is 0. The van der Waals surface area contributed by atoms with Crippen molar-refractivity contribution in [3.8, 4) is 0 Å².